The topological polar surface area (TPSA) is 66.5 Å². The highest BCUT2D eigenvalue weighted by atomic mass is 32.2. The third-order valence-electron chi connectivity index (χ3n) is 7.84. The Morgan fingerprint density at radius 2 is 1.62 bits per heavy atom. The van der Waals surface area contributed by atoms with E-state index < -0.39 is 10.0 Å². The number of nitrogens with one attached hydrogen (secondary N) is 1. The molecular formula is C23H32N2O3S. The molecule has 0 radical (unpaired) electrons. The van der Waals surface area contributed by atoms with Crippen molar-refractivity contribution >= 4 is 15.9 Å². The first-order valence-corrected chi connectivity index (χ1v) is 12.7. The monoisotopic (exact) mass is 416 g/mol. The molecule has 1 saturated heterocycles. The molecule has 0 spiro atoms. The van der Waals surface area contributed by atoms with Crippen LogP contribution in [0.4, 0.5) is 0 Å². The molecule has 5 aliphatic rings. The van der Waals surface area contributed by atoms with Crippen LogP contribution in [0.25, 0.3) is 0 Å². The predicted molar refractivity (Wildman–Crippen MR) is 112 cm³/mol. The molecule has 6 heteroatoms. The van der Waals surface area contributed by atoms with Gasteiger partial charge in [-0.15, -0.1) is 0 Å². The van der Waals surface area contributed by atoms with Crippen LogP contribution in [0.1, 0.15) is 56.9 Å². The Bertz CT molecular complexity index is 858. The summed E-state index contributed by atoms with van der Waals surface area (Å²) < 4.78 is 27.7. The van der Waals surface area contributed by atoms with Crippen molar-refractivity contribution in [1.29, 1.82) is 0 Å². The number of amides is 1. The molecule has 5 nitrogen and oxygen atoms in total. The fourth-order valence-corrected chi connectivity index (χ4v) is 8.39. The average molecular weight is 417 g/mol. The summed E-state index contributed by atoms with van der Waals surface area (Å²) in [6.45, 7) is 2.74. The van der Waals surface area contributed by atoms with Gasteiger partial charge in [-0.25, -0.2) is 8.42 Å². The van der Waals surface area contributed by atoms with Crippen LogP contribution in [0.2, 0.25) is 0 Å². The van der Waals surface area contributed by atoms with E-state index in [0.29, 0.717) is 18.0 Å². The van der Waals surface area contributed by atoms with Crippen molar-refractivity contribution in [2.45, 2.75) is 68.7 Å². The number of sulfonamides is 1. The number of rotatable bonds is 4. The van der Waals surface area contributed by atoms with Gasteiger partial charge in [0.2, 0.25) is 15.9 Å². The Kier molecular flexibility index (Phi) is 4.78. The number of aryl methyl sites for hydroxylation is 1. The third kappa shape index (κ3) is 3.63. The van der Waals surface area contributed by atoms with Crippen molar-refractivity contribution < 1.29 is 13.2 Å². The van der Waals surface area contributed by atoms with Crippen LogP contribution < -0.4 is 5.32 Å². The number of benzene rings is 1. The highest BCUT2D eigenvalue weighted by molar-refractivity contribution is 7.89. The van der Waals surface area contributed by atoms with E-state index in [1.165, 1.54) is 23.6 Å². The zero-order valence-corrected chi connectivity index (χ0v) is 18.1. The summed E-state index contributed by atoms with van der Waals surface area (Å²) in [5, 5.41) is 3.45. The second-order valence-corrected chi connectivity index (χ2v) is 12.1. The van der Waals surface area contributed by atoms with Crippen molar-refractivity contribution in [1.82, 2.24) is 9.62 Å². The largest absolute Gasteiger partial charge is 0.350 e. The fraction of sp³-hybridized carbons (Fsp3) is 0.696. The summed E-state index contributed by atoms with van der Waals surface area (Å²) >= 11 is 0. The Morgan fingerprint density at radius 3 is 2.21 bits per heavy atom. The smallest absolute Gasteiger partial charge is 0.243 e. The summed E-state index contributed by atoms with van der Waals surface area (Å²) in [5.41, 5.74) is 1.03. The zero-order valence-electron chi connectivity index (χ0n) is 17.3. The molecule has 1 aromatic carbocycles. The molecule has 1 heterocycles. The Morgan fingerprint density at radius 1 is 1.03 bits per heavy atom. The van der Waals surface area contributed by atoms with Crippen LogP contribution in [0.3, 0.4) is 0 Å². The Hall–Kier alpha value is -1.40. The molecular weight excluding hydrogens is 384 g/mol. The van der Waals surface area contributed by atoms with Crippen LogP contribution in [0, 0.1) is 30.6 Å². The van der Waals surface area contributed by atoms with E-state index in [1.807, 2.05) is 19.1 Å². The van der Waals surface area contributed by atoms with Gasteiger partial charge in [0.15, 0.2) is 0 Å². The van der Waals surface area contributed by atoms with Gasteiger partial charge >= 0.3 is 0 Å². The fourth-order valence-electron chi connectivity index (χ4n) is 6.86. The maximum Gasteiger partial charge on any atom is 0.243 e. The highest BCUT2D eigenvalue weighted by Gasteiger charge is 2.52. The van der Waals surface area contributed by atoms with Gasteiger partial charge in [0.05, 0.1) is 10.8 Å². The summed E-state index contributed by atoms with van der Waals surface area (Å²) in [7, 11) is -3.55. The van der Waals surface area contributed by atoms with Crippen LogP contribution >= 0.6 is 0 Å². The lowest BCUT2D eigenvalue weighted by atomic mass is 9.53. The Labute approximate surface area is 174 Å². The van der Waals surface area contributed by atoms with Gasteiger partial charge in [0.25, 0.3) is 0 Å². The molecule has 0 aromatic heterocycles. The molecule has 1 aromatic rings. The van der Waals surface area contributed by atoms with Crippen LogP contribution in [-0.2, 0) is 14.8 Å². The molecule has 4 bridgehead atoms. The number of carbonyl (C=O) groups is 1. The van der Waals surface area contributed by atoms with Crippen molar-refractivity contribution in [3.05, 3.63) is 29.8 Å². The van der Waals surface area contributed by atoms with E-state index >= 15 is 0 Å². The van der Waals surface area contributed by atoms with Crippen molar-refractivity contribution in [3.63, 3.8) is 0 Å². The zero-order chi connectivity index (χ0) is 20.2. The van der Waals surface area contributed by atoms with Crippen molar-refractivity contribution in [2.75, 3.05) is 13.1 Å². The number of carbonyl (C=O) groups excluding carboxylic acids is 1. The molecule has 29 heavy (non-hydrogen) atoms. The molecule has 1 N–H and O–H groups in total. The van der Waals surface area contributed by atoms with E-state index in [0.717, 1.165) is 55.4 Å². The first-order chi connectivity index (χ1) is 13.8. The van der Waals surface area contributed by atoms with E-state index in [-0.39, 0.29) is 17.4 Å². The lowest BCUT2D eigenvalue weighted by Gasteiger charge is -2.57. The summed E-state index contributed by atoms with van der Waals surface area (Å²) in [6, 6.07) is 7.00. The maximum absolute atomic E-state index is 13.2. The van der Waals surface area contributed by atoms with E-state index in [9.17, 15) is 13.2 Å². The first-order valence-electron chi connectivity index (χ1n) is 11.2. The molecule has 5 fully saturated rings. The Balaban J connectivity index is 1.28. The first kappa shape index (κ1) is 19.6. The molecule has 6 rings (SSSR count). The molecule has 1 amide bonds. The van der Waals surface area contributed by atoms with Gasteiger partial charge < -0.3 is 5.32 Å². The third-order valence-corrected chi connectivity index (χ3v) is 9.72. The van der Waals surface area contributed by atoms with Crippen molar-refractivity contribution in [3.8, 4) is 0 Å². The highest BCUT2D eigenvalue weighted by Crippen LogP contribution is 2.55. The molecule has 1 atom stereocenters. The molecule has 1 aliphatic heterocycles. The second kappa shape index (κ2) is 7.09. The van der Waals surface area contributed by atoms with Gasteiger partial charge in [-0.1, -0.05) is 17.7 Å². The normalized spacial score (nSPS) is 36.9. The number of piperidine rings is 1. The van der Waals surface area contributed by atoms with Crippen LogP contribution in [-0.4, -0.2) is 37.3 Å². The van der Waals surface area contributed by atoms with E-state index in [2.05, 4.69) is 5.32 Å². The molecule has 4 saturated carbocycles. The number of hydrogen-bond acceptors (Lipinski definition) is 3. The van der Waals surface area contributed by atoms with E-state index in [4.69, 9.17) is 0 Å². The van der Waals surface area contributed by atoms with Crippen molar-refractivity contribution in [2.24, 2.45) is 23.7 Å². The lowest BCUT2D eigenvalue weighted by molar-refractivity contribution is -0.131. The minimum absolute atomic E-state index is 0.00998. The molecule has 0 unspecified atom stereocenters. The minimum atomic E-state index is -3.55. The van der Waals surface area contributed by atoms with Gasteiger partial charge in [0, 0.05) is 18.6 Å². The maximum atomic E-state index is 13.2. The summed E-state index contributed by atoms with van der Waals surface area (Å²) in [6.07, 6.45) is 8.94. The van der Waals surface area contributed by atoms with Crippen LogP contribution in [0.5, 0.6) is 0 Å². The number of nitrogens with zero attached hydrogens (tertiary/aromatic N) is 1. The number of hydrogen-bond donors (Lipinski definition) is 1. The van der Waals surface area contributed by atoms with Gasteiger partial charge in [0.1, 0.15) is 0 Å². The standard InChI is InChI=1S/C23H32N2O3S/c1-16-4-6-21(7-5-16)29(27,28)25-8-2-3-20(15-25)22(26)24-23-12-17-9-18(13-23)11-19(10-17)14-23/h4-7,17-20H,2-3,8-15H2,1H3,(H,24,26)/t17?,18?,19?,20-,23?/m0/s1. The average Bonchev–Trinajstić information content (AvgIpc) is 2.67. The van der Waals surface area contributed by atoms with Gasteiger partial charge in [-0.05, 0) is 88.2 Å². The summed E-state index contributed by atoms with van der Waals surface area (Å²) in [4.78, 5) is 13.5. The van der Waals surface area contributed by atoms with Gasteiger partial charge in [-0.2, -0.15) is 4.31 Å². The van der Waals surface area contributed by atoms with E-state index in [1.54, 1.807) is 12.1 Å². The minimum Gasteiger partial charge on any atom is -0.350 e. The second-order valence-electron chi connectivity index (χ2n) is 10.2. The SMILES string of the molecule is Cc1ccc(S(=O)(=O)N2CCC[C@H](C(=O)NC34CC5CC(CC(C5)C3)C4)C2)cc1. The van der Waals surface area contributed by atoms with Crippen LogP contribution in [0.15, 0.2) is 29.2 Å². The predicted octanol–water partition coefficient (Wildman–Crippen LogP) is 3.48. The molecule has 4 aliphatic carbocycles. The summed E-state index contributed by atoms with van der Waals surface area (Å²) in [5.74, 6) is 2.19. The quantitative estimate of drug-likeness (QED) is 0.817. The lowest BCUT2D eigenvalue weighted by Crippen LogP contribution is -2.61. The molecule has 158 valence electrons. The van der Waals surface area contributed by atoms with Gasteiger partial charge in [-0.3, -0.25) is 4.79 Å².